The van der Waals surface area contributed by atoms with Crippen molar-refractivity contribution < 1.29 is 14.0 Å². The van der Waals surface area contributed by atoms with Gasteiger partial charge in [0.05, 0.1) is 11.5 Å². The number of amides is 2. The summed E-state index contributed by atoms with van der Waals surface area (Å²) in [4.78, 5) is 28.9. The Morgan fingerprint density at radius 2 is 1.57 bits per heavy atom. The van der Waals surface area contributed by atoms with Crippen molar-refractivity contribution in [1.82, 2.24) is 9.80 Å². The van der Waals surface area contributed by atoms with Crippen LogP contribution in [0.25, 0.3) is 0 Å². The number of likely N-dealkylation sites (N-methyl/N-ethyl adjacent to an activating group) is 1. The Bertz CT molecular complexity index is 854. The SMILES string of the molecule is CN1CCN(Cc2cccc(NC(=O)CSCC(=O)Nc3ccc(F)cc3)c2)CC1. The minimum Gasteiger partial charge on any atom is -0.325 e. The molecule has 1 heterocycles. The Balaban J connectivity index is 1.39. The van der Waals surface area contributed by atoms with Crippen LogP contribution < -0.4 is 10.6 Å². The first kappa shape index (κ1) is 22.3. The lowest BCUT2D eigenvalue weighted by Crippen LogP contribution is -2.43. The van der Waals surface area contributed by atoms with E-state index < -0.39 is 0 Å². The second-order valence-corrected chi connectivity index (χ2v) is 8.36. The Morgan fingerprint density at radius 3 is 2.23 bits per heavy atom. The fourth-order valence-electron chi connectivity index (χ4n) is 3.18. The number of nitrogens with zero attached hydrogens (tertiary/aromatic N) is 2. The van der Waals surface area contributed by atoms with Gasteiger partial charge in [0, 0.05) is 44.1 Å². The number of rotatable bonds is 8. The van der Waals surface area contributed by atoms with E-state index in [4.69, 9.17) is 0 Å². The van der Waals surface area contributed by atoms with E-state index in [2.05, 4.69) is 33.5 Å². The van der Waals surface area contributed by atoms with Gasteiger partial charge < -0.3 is 15.5 Å². The maximum atomic E-state index is 12.9. The van der Waals surface area contributed by atoms with Crippen LogP contribution in [0.15, 0.2) is 48.5 Å². The van der Waals surface area contributed by atoms with Gasteiger partial charge in [-0.05, 0) is 49.0 Å². The average molecular weight is 431 g/mol. The molecule has 30 heavy (non-hydrogen) atoms. The molecule has 3 rings (SSSR count). The topological polar surface area (TPSA) is 64.7 Å². The van der Waals surface area contributed by atoms with Gasteiger partial charge in [-0.3, -0.25) is 14.5 Å². The Labute approximate surface area is 180 Å². The van der Waals surface area contributed by atoms with Gasteiger partial charge in [0.25, 0.3) is 0 Å². The molecule has 0 radical (unpaired) electrons. The van der Waals surface area contributed by atoms with E-state index in [0.29, 0.717) is 5.69 Å². The van der Waals surface area contributed by atoms with Crippen LogP contribution in [0.1, 0.15) is 5.56 Å². The van der Waals surface area contributed by atoms with Crippen molar-refractivity contribution in [3.05, 3.63) is 59.9 Å². The Hall–Kier alpha value is -2.42. The van der Waals surface area contributed by atoms with Gasteiger partial charge in [0.2, 0.25) is 11.8 Å². The predicted molar refractivity (Wildman–Crippen MR) is 120 cm³/mol. The van der Waals surface area contributed by atoms with Crippen molar-refractivity contribution in [2.45, 2.75) is 6.54 Å². The molecule has 160 valence electrons. The first-order valence-corrected chi connectivity index (χ1v) is 11.1. The lowest BCUT2D eigenvalue weighted by molar-refractivity contribution is -0.114. The van der Waals surface area contributed by atoms with Crippen LogP contribution in [0.3, 0.4) is 0 Å². The molecule has 0 aromatic heterocycles. The smallest absolute Gasteiger partial charge is 0.234 e. The summed E-state index contributed by atoms with van der Waals surface area (Å²) in [6, 6.07) is 13.5. The third-order valence-electron chi connectivity index (χ3n) is 4.81. The molecular formula is C22H27FN4O2S. The number of hydrogen-bond acceptors (Lipinski definition) is 5. The second kappa shape index (κ2) is 11.1. The molecule has 1 saturated heterocycles. The van der Waals surface area contributed by atoms with Crippen LogP contribution in [0, 0.1) is 5.82 Å². The number of halogens is 1. The predicted octanol–water partition coefficient (Wildman–Crippen LogP) is 2.88. The molecule has 2 N–H and O–H groups in total. The third-order valence-corrected chi connectivity index (χ3v) is 5.74. The second-order valence-electron chi connectivity index (χ2n) is 7.38. The highest BCUT2D eigenvalue weighted by atomic mass is 32.2. The van der Waals surface area contributed by atoms with E-state index in [9.17, 15) is 14.0 Å². The number of piperazine rings is 1. The number of anilines is 2. The summed E-state index contributed by atoms with van der Waals surface area (Å²) in [7, 11) is 2.14. The molecule has 1 fully saturated rings. The zero-order chi connectivity index (χ0) is 21.3. The summed E-state index contributed by atoms with van der Waals surface area (Å²) in [5.74, 6) is -0.403. The van der Waals surface area contributed by atoms with Crippen molar-refractivity contribution in [3.8, 4) is 0 Å². The minimum atomic E-state index is -0.355. The maximum absolute atomic E-state index is 12.9. The molecule has 1 aliphatic rings. The summed E-state index contributed by atoms with van der Waals surface area (Å²) in [6.45, 7) is 5.11. The molecule has 0 spiro atoms. The molecule has 2 amide bonds. The maximum Gasteiger partial charge on any atom is 0.234 e. The number of benzene rings is 2. The van der Waals surface area contributed by atoms with Gasteiger partial charge in [-0.1, -0.05) is 12.1 Å². The fourth-order valence-corrected chi connectivity index (χ4v) is 3.79. The summed E-state index contributed by atoms with van der Waals surface area (Å²) in [5.41, 5.74) is 2.47. The molecule has 0 unspecified atom stereocenters. The van der Waals surface area contributed by atoms with Crippen LogP contribution >= 0.6 is 11.8 Å². The fraction of sp³-hybridized carbons (Fsp3) is 0.364. The van der Waals surface area contributed by atoms with Crippen molar-refractivity contribution >= 4 is 35.0 Å². The first-order valence-electron chi connectivity index (χ1n) is 9.91. The number of nitrogens with one attached hydrogen (secondary N) is 2. The molecule has 0 aliphatic carbocycles. The largest absolute Gasteiger partial charge is 0.325 e. The number of carbonyl (C=O) groups is 2. The van der Waals surface area contributed by atoms with Crippen molar-refractivity contribution in [3.63, 3.8) is 0 Å². The van der Waals surface area contributed by atoms with Gasteiger partial charge in [0.15, 0.2) is 0 Å². The van der Waals surface area contributed by atoms with Crippen LogP contribution in [0.4, 0.5) is 15.8 Å². The van der Waals surface area contributed by atoms with E-state index in [1.807, 2.05) is 18.2 Å². The highest BCUT2D eigenvalue weighted by Gasteiger charge is 2.14. The van der Waals surface area contributed by atoms with Crippen LogP contribution in [-0.4, -0.2) is 66.3 Å². The molecular weight excluding hydrogens is 403 g/mol. The van der Waals surface area contributed by atoms with Crippen molar-refractivity contribution in [1.29, 1.82) is 0 Å². The highest BCUT2D eigenvalue weighted by Crippen LogP contribution is 2.15. The molecule has 2 aromatic rings. The van der Waals surface area contributed by atoms with Crippen LogP contribution in [-0.2, 0) is 16.1 Å². The zero-order valence-corrected chi connectivity index (χ0v) is 17.9. The van der Waals surface area contributed by atoms with E-state index in [1.165, 1.54) is 41.6 Å². The number of hydrogen-bond donors (Lipinski definition) is 2. The highest BCUT2D eigenvalue weighted by molar-refractivity contribution is 8.00. The molecule has 0 atom stereocenters. The summed E-state index contributed by atoms with van der Waals surface area (Å²) >= 11 is 1.23. The van der Waals surface area contributed by atoms with E-state index in [0.717, 1.165) is 38.4 Å². The molecule has 6 nitrogen and oxygen atoms in total. The van der Waals surface area contributed by atoms with Crippen molar-refractivity contribution in [2.75, 3.05) is 55.4 Å². The minimum absolute atomic E-state index is 0.147. The van der Waals surface area contributed by atoms with Crippen LogP contribution in [0.2, 0.25) is 0 Å². The first-order chi connectivity index (χ1) is 14.5. The number of thioether (sulfide) groups is 1. The molecule has 1 aliphatic heterocycles. The Morgan fingerprint density at radius 1 is 0.933 bits per heavy atom. The Kier molecular flexibility index (Phi) is 8.24. The summed E-state index contributed by atoms with van der Waals surface area (Å²) in [6.07, 6.45) is 0. The van der Waals surface area contributed by atoms with Gasteiger partial charge in [-0.2, -0.15) is 0 Å². The number of carbonyl (C=O) groups excluding carboxylic acids is 2. The van der Waals surface area contributed by atoms with Gasteiger partial charge in [-0.25, -0.2) is 4.39 Å². The van der Waals surface area contributed by atoms with E-state index >= 15 is 0 Å². The standard InChI is InChI=1S/C22H27FN4O2S/c1-26-9-11-27(12-10-26)14-17-3-2-4-20(13-17)25-22(29)16-30-15-21(28)24-19-7-5-18(23)6-8-19/h2-8,13H,9-12,14-16H2,1H3,(H,24,28)(H,25,29). The van der Waals surface area contributed by atoms with E-state index in [-0.39, 0.29) is 29.1 Å². The van der Waals surface area contributed by atoms with Gasteiger partial charge >= 0.3 is 0 Å². The lowest BCUT2D eigenvalue weighted by atomic mass is 10.1. The zero-order valence-electron chi connectivity index (χ0n) is 17.1. The summed E-state index contributed by atoms with van der Waals surface area (Å²) < 4.78 is 12.9. The van der Waals surface area contributed by atoms with Crippen molar-refractivity contribution in [2.24, 2.45) is 0 Å². The normalized spacial score (nSPS) is 15.0. The third kappa shape index (κ3) is 7.44. The molecule has 0 saturated carbocycles. The monoisotopic (exact) mass is 430 g/mol. The van der Waals surface area contributed by atoms with E-state index in [1.54, 1.807) is 0 Å². The average Bonchev–Trinajstić information content (AvgIpc) is 2.72. The lowest BCUT2D eigenvalue weighted by Gasteiger charge is -2.32. The molecule has 8 heteroatoms. The molecule has 2 aromatic carbocycles. The van der Waals surface area contributed by atoms with Gasteiger partial charge in [0.1, 0.15) is 5.82 Å². The van der Waals surface area contributed by atoms with Gasteiger partial charge in [-0.15, -0.1) is 11.8 Å². The quantitative estimate of drug-likeness (QED) is 0.674. The summed E-state index contributed by atoms with van der Waals surface area (Å²) in [5, 5.41) is 5.57. The molecule has 0 bridgehead atoms. The van der Waals surface area contributed by atoms with Crippen LogP contribution in [0.5, 0.6) is 0 Å².